The van der Waals surface area contributed by atoms with E-state index < -0.39 is 0 Å². The maximum Gasteiger partial charge on any atom is 0.0946 e. The molecule has 4 heteroatoms. The van der Waals surface area contributed by atoms with Crippen LogP contribution >= 0.6 is 15.9 Å². The van der Waals surface area contributed by atoms with Gasteiger partial charge in [0.15, 0.2) is 0 Å². The van der Waals surface area contributed by atoms with E-state index in [1.165, 1.54) is 12.8 Å². The first-order valence-electron chi connectivity index (χ1n) is 4.49. The highest BCUT2D eigenvalue weighted by atomic mass is 79.9. The quantitative estimate of drug-likeness (QED) is 0.687. The van der Waals surface area contributed by atoms with E-state index in [0.29, 0.717) is 12.1 Å². The summed E-state index contributed by atoms with van der Waals surface area (Å²) < 4.78 is 0. The Morgan fingerprint density at radius 3 is 2.83 bits per heavy atom. The average Bonchev–Trinajstić information content (AvgIpc) is 2.43. The largest absolute Gasteiger partial charge is 0.277 e. The van der Waals surface area contributed by atoms with E-state index in [4.69, 9.17) is 0 Å². The van der Waals surface area contributed by atoms with Crippen LogP contribution in [0.3, 0.4) is 0 Å². The van der Waals surface area contributed by atoms with Crippen LogP contribution in [0.25, 0.3) is 0 Å². The molecule has 1 aliphatic heterocycles. The normalized spacial score (nSPS) is 28.4. The van der Waals surface area contributed by atoms with Gasteiger partial charge in [-0.3, -0.25) is 5.01 Å². The number of hydrogen-bond acceptors (Lipinski definition) is 3. The molecule has 2 atom stereocenters. The summed E-state index contributed by atoms with van der Waals surface area (Å²) in [7, 11) is 2.01. The van der Waals surface area contributed by atoms with Crippen LogP contribution in [-0.2, 0) is 0 Å². The lowest BCUT2D eigenvalue weighted by atomic mass is 10.0. The van der Waals surface area contributed by atoms with Crippen molar-refractivity contribution in [2.45, 2.75) is 38.3 Å². The topological polar surface area (TPSA) is 28.0 Å². The van der Waals surface area contributed by atoms with Crippen molar-refractivity contribution in [1.29, 1.82) is 0 Å². The van der Waals surface area contributed by atoms with E-state index in [-0.39, 0.29) is 0 Å². The third-order valence-electron chi connectivity index (χ3n) is 2.32. The van der Waals surface area contributed by atoms with Crippen LogP contribution in [0.2, 0.25) is 0 Å². The van der Waals surface area contributed by atoms with Crippen LogP contribution in [0, 0.1) is 0 Å². The molecule has 1 heterocycles. The lowest BCUT2D eigenvalue weighted by molar-refractivity contribution is 0.252. The summed E-state index contributed by atoms with van der Waals surface area (Å²) in [5.41, 5.74) is 0. The second-order valence-electron chi connectivity index (χ2n) is 3.15. The second kappa shape index (κ2) is 4.80. The molecule has 0 saturated heterocycles. The smallest absolute Gasteiger partial charge is 0.0946 e. The highest BCUT2D eigenvalue weighted by Crippen LogP contribution is 2.22. The van der Waals surface area contributed by atoms with Crippen molar-refractivity contribution in [2.75, 3.05) is 12.4 Å². The standard InChI is InChI=1S/C8H16BrN3/c1-3-7-8(5-4-6-9)12(2)11-10-7/h7-8H,3-6H2,1-2H3. The number of nitrogens with zero attached hydrogens (tertiary/aromatic N) is 3. The minimum atomic E-state index is 0.425. The molecule has 0 bridgehead atoms. The van der Waals surface area contributed by atoms with Gasteiger partial charge in [-0.2, -0.15) is 5.11 Å². The van der Waals surface area contributed by atoms with E-state index in [1.54, 1.807) is 0 Å². The van der Waals surface area contributed by atoms with Crippen molar-refractivity contribution in [2.24, 2.45) is 10.3 Å². The third kappa shape index (κ3) is 2.19. The molecular weight excluding hydrogens is 218 g/mol. The number of halogens is 1. The minimum Gasteiger partial charge on any atom is -0.277 e. The zero-order chi connectivity index (χ0) is 8.97. The average molecular weight is 234 g/mol. The number of hydrogen-bond donors (Lipinski definition) is 0. The first-order valence-corrected chi connectivity index (χ1v) is 5.61. The molecule has 0 aromatic rings. The zero-order valence-electron chi connectivity index (χ0n) is 7.70. The summed E-state index contributed by atoms with van der Waals surface area (Å²) in [6, 6.07) is 0.960. The Bertz CT molecular complexity index is 160. The van der Waals surface area contributed by atoms with Gasteiger partial charge < -0.3 is 0 Å². The van der Waals surface area contributed by atoms with E-state index in [9.17, 15) is 0 Å². The summed E-state index contributed by atoms with van der Waals surface area (Å²) in [6.45, 7) is 2.17. The molecule has 0 amide bonds. The molecular formula is C8H16BrN3. The molecule has 3 nitrogen and oxygen atoms in total. The van der Waals surface area contributed by atoms with E-state index in [2.05, 4.69) is 33.2 Å². The highest BCUT2D eigenvalue weighted by molar-refractivity contribution is 9.09. The fraction of sp³-hybridized carbons (Fsp3) is 1.00. The van der Waals surface area contributed by atoms with Gasteiger partial charge in [0.1, 0.15) is 0 Å². The predicted molar refractivity (Wildman–Crippen MR) is 53.5 cm³/mol. The Morgan fingerprint density at radius 2 is 2.25 bits per heavy atom. The van der Waals surface area contributed by atoms with Crippen LogP contribution in [0.1, 0.15) is 26.2 Å². The molecule has 70 valence electrons. The maximum atomic E-state index is 4.21. The van der Waals surface area contributed by atoms with Crippen molar-refractivity contribution in [3.8, 4) is 0 Å². The van der Waals surface area contributed by atoms with Crippen molar-refractivity contribution in [3.05, 3.63) is 0 Å². The van der Waals surface area contributed by atoms with Gasteiger partial charge in [-0.05, 0) is 19.3 Å². The van der Waals surface area contributed by atoms with Gasteiger partial charge in [-0.25, -0.2) is 0 Å². The molecule has 0 radical (unpaired) electrons. The molecule has 12 heavy (non-hydrogen) atoms. The Morgan fingerprint density at radius 1 is 1.50 bits per heavy atom. The van der Waals surface area contributed by atoms with Crippen molar-refractivity contribution in [3.63, 3.8) is 0 Å². The summed E-state index contributed by atoms with van der Waals surface area (Å²) in [5.74, 6) is 0. The van der Waals surface area contributed by atoms with Crippen molar-refractivity contribution < 1.29 is 0 Å². The number of rotatable bonds is 4. The summed E-state index contributed by atoms with van der Waals surface area (Å²) in [6.07, 6.45) is 3.49. The molecule has 0 fully saturated rings. The summed E-state index contributed by atoms with van der Waals surface area (Å²) in [4.78, 5) is 0. The molecule has 0 spiro atoms. The first kappa shape index (κ1) is 9.96. The fourth-order valence-electron chi connectivity index (χ4n) is 1.56. The SMILES string of the molecule is CCC1N=NN(C)C1CCCBr. The zero-order valence-corrected chi connectivity index (χ0v) is 9.29. The van der Waals surface area contributed by atoms with Gasteiger partial charge in [0.05, 0.1) is 12.1 Å². The minimum absolute atomic E-state index is 0.425. The van der Waals surface area contributed by atoms with Crippen LogP contribution < -0.4 is 0 Å². The lowest BCUT2D eigenvalue weighted by Crippen LogP contribution is -2.31. The first-order chi connectivity index (χ1) is 5.79. The maximum absolute atomic E-state index is 4.21. The predicted octanol–water partition coefficient (Wildman–Crippen LogP) is 2.62. The molecule has 2 unspecified atom stereocenters. The summed E-state index contributed by atoms with van der Waals surface area (Å²) >= 11 is 3.44. The number of likely N-dealkylation sites (N-methyl/N-ethyl adjacent to an activating group) is 1. The molecule has 1 aliphatic rings. The molecule has 0 N–H and O–H groups in total. The van der Waals surface area contributed by atoms with Crippen LogP contribution in [-0.4, -0.2) is 29.5 Å². The van der Waals surface area contributed by atoms with Gasteiger partial charge in [-0.1, -0.05) is 28.1 Å². The summed E-state index contributed by atoms with van der Waals surface area (Å²) in [5, 5.41) is 11.3. The number of alkyl halides is 1. The Labute approximate surface area is 82.3 Å². The monoisotopic (exact) mass is 233 g/mol. The third-order valence-corrected chi connectivity index (χ3v) is 2.88. The molecule has 0 saturated carbocycles. The highest BCUT2D eigenvalue weighted by Gasteiger charge is 2.27. The Balaban J connectivity index is 2.39. The van der Waals surface area contributed by atoms with Gasteiger partial charge in [0.2, 0.25) is 0 Å². The molecule has 0 aromatic carbocycles. The van der Waals surface area contributed by atoms with Crippen molar-refractivity contribution >= 4 is 15.9 Å². The Hall–Kier alpha value is -0.120. The van der Waals surface area contributed by atoms with Crippen LogP contribution in [0.5, 0.6) is 0 Å². The molecule has 1 rings (SSSR count). The van der Waals surface area contributed by atoms with Gasteiger partial charge in [0, 0.05) is 12.4 Å². The fourth-order valence-corrected chi connectivity index (χ4v) is 1.88. The molecule has 0 aromatic heterocycles. The Kier molecular flexibility index (Phi) is 3.98. The lowest BCUT2D eigenvalue weighted by Gasteiger charge is -2.20. The van der Waals surface area contributed by atoms with Crippen LogP contribution in [0.15, 0.2) is 10.3 Å². The van der Waals surface area contributed by atoms with Crippen molar-refractivity contribution in [1.82, 2.24) is 5.01 Å². The van der Waals surface area contributed by atoms with E-state index >= 15 is 0 Å². The molecule has 0 aliphatic carbocycles. The van der Waals surface area contributed by atoms with Gasteiger partial charge in [0.25, 0.3) is 0 Å². The van der Waals surface area contributed by atoms with Gasteiger partial charge in [-0.15, -0.1) is 0 Å². The van der Waals surface area contributed by atoms with E-state index in [0.717, 1.165) is 11.8 Å². The van der Waals surface area contributed by atoms with Crippen LogP contribution in [0.4, 0.5) is 0 Å². The second-order valence-corrected chi connectivity index (χ2v) is 3.95. The van der Waals surface area contributed by atoms with Gasteiger partial charge >= 0.3 is 0 Å². The van der Waals surface area contributed by atoms with E-state index in [1.807, 2.05) is 12.1 Å².